The average Bonchev–Trinajstić information content (AvgIpc) is 3.47. The highest BCUT2D eigenvalue weighted by Crippen LogP contribution is 2.34. The second-order valence-electron chi connectivity index (χ2n) is 7.33. The summed E-state index contributed by atoms with van der Waals surface area (Å²) in [6.07, 6.45) is 8.37. The number of aromatic nitrogens is 3. The molecule has 1 amide bonds. The number of rotatable bonds is 4. The van der Waals surface area contributed by atoms with E-state index in [-0.39, 0.29) is 5.91 Å². The van der Waals surface area contributed by atoms with Gasteiger partial charge in [0.05, 0.1) is 11.7 Å². The molecule has 5 heterocycles. The van der Waals surface area contributed by atoms with Crippen LogP contribution in [0.3, 0.4) is 0 Å². The summed E-state index contributed by atoms with van der Waals surface area (Å²) in [5.74, 6) is 0.0798. The quantitative estimate of drug-likeness (QED) is 0.695. The van der Waals surface area contributed by atoms with Gasteiger partial charge < -0.3 is 9.30 Å². The number of thiazole rings is 1. The van der Waals surface area contributed by atoms with Crippen LogP contribution in [-0.2, 0) is 6.54 Å². The molecule has 1 atom stereocenters. The van der Waals surface area contributed by atoms with Crippen LogP contribution in [0.15, 0.2) is 36.0 Å². The molecule has 6 nitrogen and oxygen atoms in total. The van der Waals surface area contributed by atoms with Crippen LogP contribution in [0.1, 0.15) is 52.9 Å². The summed E-state index contributed by atoms with van der Waals surface area (Å²) in [6, 6.07) is 6.30. The number of hydrogen-bond donors (Lipinski definition) is 0. The molecule has 5 rings (SSSR count). The number of pyridine rings is 1. The minimum atomic E-state index is 0.0798. The monoisotopic (exact) mass is 381 g/mol. The number of likely N-dealkylation sites (tertiary alicyclic amines) is 2. The Kier molecular flexibility index (Phi) is 4.41. The number of carbonyl (C=O) groups is 1. The van der Waals surface area contributed by atoms with E-state index in [9.17, 15) is 4.79 Å². The second kappa shape index (κ2) is 7.05. The third-order valence-electron chi connectivity index (χ3n) is 5.68. The predicted octanol–water partition coefficient (Wildman–Crippen LogP) is 3.36. The number of carbonyl (C=O) groups excluding carboxylic acids is 1. The summed E-state index contributed by atoms with van der Waals surface area (Å²) >= 11 is 1.72. The van der Waals surface area contributed by atoms with Gasteiger partial charge in [-0.15, -0.1) is 11.3 Å². The van der Waals surface area contributed by atoms with Gasteiger partial charge in [-0.25, -0.2) is 9.97 Å². The van der Waals surface area contributed by atoms with Crippen molar-refractivity contribution in [2.45, 2.75) is 38.3 Å². The molecule has 2 saturated heterocycles. The van der Waals surface area contributed by atoms with E-state index < -0.39 is 0 Å². The summed E-state index contributed by atoms with van der Waals surface area (Å²) < 4.78 is 2.08. The van der Waals surface area contributed by atoms with Crippen molar-refractivity contribution in [3.8, 4) is 0 Å². The molecule has 7 heteroatoms. The zero-order valence-electron chi connectivity index (χ0n) is 15.3. The maximum atomic E-state index is 13.1. The lowest BCUT2D eigenvalue weighted by Crippen LogP contribution is -2.30. The van der Waals surface area contributed by atoms with Crippen molar-refractivity contribution >= 4 is 22.9 Å². The molecule has 2 fully saturated rings. The highest BCUT2D eigenvalue weighted by Gasteiger charge is 2.32. The van der Waals surface area contributed by atoms with Gasteiger partial charge in [-0.2, -0.15) is 0 Å². The van der Waals surface area contributed by atoms with Crippen LogP contribution in [-0.4, -0.2) is 49.7 Å². The molecule has 0 radical (unpaired) electrons. The van der Waals surface area contributed by atoms with Gasteiger partial charge in [0, 0.05) is 37.4 Å². The van der Waals surface area contributed by atoms with Crippen LogP contribution in [0.25, 0.3) is 5.65 Å². The normalized spacial score (nSPS) is 20.7. The SMILES string of the molecule is O=C(c1nc2ccccn2c1CN1CCCC1c1nccs1)N1CCCC1. The standard InChI is InChI=1S/C20H23N5OS/c26-20(23-9-3-4-10-23)18-16(25-12-2-1-7-17(25)22-18)14-24-11-5-6-15(24)19-21-8-13-27-19/h1-2,7-8,12-13,15H,3-6,9-11,14H2. The van der Waals surface area contributed by atoms with Gasteiger partial charge in [0.25, 0.3) is 5.91 Å². The summed E-state index contributed by atoms with van der Waals surface area (Å²) in [4.78, 5) is 26.8. The summed E-state index contributed by atoms with van der Waals surface area (Å²) in [5, 5.41) is 3.22. The summed E-state index contributed by atoms with van der Waals surface area (Å²) in [7, 11) is 0. The Hall–Kier alpha value is -2.25. The van der Waals surface area contributed by atoms with E-state index in [0.717, 1.165) is 63.2 Å². The molecule has 0 aliphatic carbocycles. The Bertz CT molecular complexity index is 945. The van der Waals surface area contributed by atoms with Gasteiger partial charge in [-0.1, -0.05) is 6.07 Å². The molecule has 2 aliphatic heterocycles. The van der Waals surface area contributed by atoms with Crippen molar-refractivity contribution in [2.24, 2.45) is 0 Å². The Morgan fingerprint density at radius 3 is 2.89 bits per heavy atom. The van der Waals surface area contributed by atoms with Crippen molar-refractivity contribution < 1.29 is 4.79 Å². The largest absolute Gasteiger partial charge is 0.337 e. The van der Waals surface area contributed by atoms with Crippen molar-refractivity contribution in [3.63, 3.8) is 0 Å². The van der Waals surface area contributed by atoms with Crippen molar-refractivity contribution in [3.05, 3.63) is 52.4 Å². The highest BCUT2D eigenvalue weighted by molar-refractivity contribution is 7.09. The lowest BCUT2D eigenvalue weighted by Gasteiger charge is -2.23. The van der Waals surface area contributed by atoms with Gasteiger partial charge >= 0.3 is 0 Å². The van der Waals surface area contributed by atoms with Crippen LogP contribution in [0.2, 0.25) is 0 Å². The molecule has 0 bridgehead atoms. The van der Waals surface area contributed by atoms with Crippen LogP contribution in [0.5, 0.6) is 0 Å². The summed E-state index contributed by atoms with van der Waals surface area (Å²) in [6.45, 7) is 3.45. The molecule has 0 spiro atoms. The molecule has 0 aromatic carbocycles. The lowest BCUT2D eigenvalue weighted by molar-refractivity contribution is 0.0785. The van der Waals surface area contributed by atoms with E-state index in [1.807, 2.05) is 40.9 Å². The topological polar surface area (TPSA) is 53.7 Å². The van der Waals surface area contributed by atoms with Crippen molar-refractivity contribution in [1.29, 1.82) is 0 Å². The Balaban J connectivity index is 1.51. The number of nitrogens with zero attached hydrogens (tertiary/aromatic N) is 5. The molecular weight excluding hydrogens is 358 g/mol. The van der Waals surface area contributed by atoms with Crippen LogP contribution >= 0.6 is 11.3 Å². The molecule has 27 heavy (non-hydrogen) atoms. The number of imidazole rings is 1. The molecule has 140 valence electrons. The molecule has 0 saturated carbocycles. The van der Waals surface area contributed by atoms with Gasteiger partial charge in [-0.3, -0.25) is 9.69 Å². The van der Waals surface area contributed by atoms with E-state index in [2.05, 4.69) is 14.3 Å². The maximum absolute atomic E-state index is 13.1. The molecule has 0 N–H and O–H groups in total. The van der Waals surface area contributed by atoms with Crippen LogP contribution in [0, 0.1) is 0 Å². The fraction of sp³-hybridized carbons (Fsp3) is 0.450. The van der Waals surface area contributed by atoms with Crippen molar-refractivity contribution in [1.82, 2.24) is 24.2 Å². The Labute approximate surface area is 162 Å². The third kappa shape index (κ3) is 3.04. The van der Waals surface area contributed by atoms with Gasteiger partial charge in [0.15, 0.2) is 5.69 Å². The first-order chi connectivity index (χ1) is 13.3. The highest BCUT2D eigenvalue weighted by atomic mass is 32.1. The average molecular weight is 382 g/mol. The Morgan fingerprint density at radius 2 is 2.07 bits per heavy atom. The predicted molar refractivity (Wildman–Crippen MR) is 105 cm³/mol. The Morgan fingerprint density at radius 1 is 1.19 bits per heavy atom. The zero-order chi connectivity index (χ0) is 18.2. The first-order valence-electron chi connectivity index (χ1n) is 9.70. The smallest absolute Gasteiger partial charge is 0.274 e. The number of hydrogen-bond acceptors (Lipinski definition) is 5. The molecular formula is C20H23N5OS. The van der Waals surface area contributed by atoms with E-state index in [1.165, 1.54) is 5.01 Å². The fourth-order valence-electron chi connectivity index (χ4n) is 4.33. The molecule has 3 aromatic rings. The zero-order valence-corrected chi connectivity index (χ0v) is 16.1. The first kappa shape index (κ1) is 16.9. The molecule has 1 unspecified atom stereocenters. The lowest BCUT2D eigenvalue weighted by atomic mass is 10.2. The van der Waals surface area contributed by atoms with E-state index in [0.29, 0.717) is 11.7 Å². The minimum absolute atomic E-state index is 0.0798. The van der Waals surface area contributed by atoms with E-state index >= 15 is 0 Å². The number of amides is 1. The molecule has 3 aromatic heterocycles. The molecule has 2 aliphatic rings. The number of fused-ring (bicyclic) bond motifs is 1. The van der Waals surface area contributed by atoms with Crippen LogP contribution in [0.4, 0.5) is 0 Å². The van der Waals surface area contributed by atoms with Gasteiger partial charge in [0.1, 0.15) is 10.7 Å². The first-order valence-corrected chi connectivity index (χ1v) is 10.6. The van der Waals surface area contributed by atoms with Crippen LogP contribution < -0.4 is 0 Å². The fourth-order valence-corrected chi connectivity index (χ4v) is 5.13. The van der Waals surface area contributed by atoms with Gasteiger partial charge in [0.2, 0.25) is 0 Å². The third-order valence-corrected chi connectivity index (χ3v) is 6.55. The second-order valence-corrected chi connectivity index (χ2v) is 8.26. The minimum Gasteiger partial charge on any atom is -0.337 e. The van der Waals surface area contributed by atoms with Crippen molar-refractivity contribution in [2.75, 3.05) is 19.6 Å². The van der Waals surface area contributed by atoms with E-state index in [1.54, 1.807) is 11.3 Å². The maximum Gasteiger partial charge on any atom is 0.274 e. The summed E-state index contributed by atoms with van der Waals surface area (Å²) in [5.41, 5.74) is 2.47. The van der Waals surface area contributed by atoms with Gasteiger partial charge in [-0.05, 0) is 44.4 Å². The van der Waals surface area contributed by atoms with E-state index in [4.69, 9.17) is 4.98 Å².